The van der Waals surface area contributed by atoms with Gasteiger partial charge in [0.1, 0.15) is 6.61 Å². The molecule has 0 saturated heterocycles. The van der Waals surface area contributed by atoms with Gasteiger partial charge in [0.25, 0.3) is 0 Å². The Bertz CT molecular complexity index is 1350. The van der Waals surface area contributed by atoms with E-state index in [2.05, 4.69) is 33.1 Å². The van der Waals surface area contributed by atoms with E-state index in [1.165, 1.54) is 0 Å². The van der Waals surface area contributed by atoms with E-state index in [-0.39, 0.29) is 12.3 Å². The number of benzene rings is 4. The first-order valence-corrected chi connectivity index (χ1v) is 12.0. The average molecular weight is 585 g/mol. The quantitative estimate of drug-likeness (QED) is 0.149. The van der Waals surface area contributed by atoms with Gasteiger partial charge in [0, 0.05) is 10.6 Å². The Kier molecular flexibility index (Phi) is 8.03. The molecule has 1 N–H and O–H groups in total. The Labute approximate surface area is 216 Å². The van der Waals surface area contributed by atoms with E-state index in [0.29, 0.717) is 23.1 Å². The minimum absolute atomic E-state index is 0.186. The zero-order chi connectivity index (χ0) is 23.9. The first-order valence-electron chi connectivity index (χ1n) is 10.6. The molecule has 0 saturated carbocycles. The molecule has 0 fully saturated rings. The minimum Gasteiger partial charge on any atom is -0.493 e. The Morgan fingerprint density at radius 3 is 2.59 bits per heavy atom. The molecule has 5 nitrogen and oxygen atoms in total. The highest BCUT2D eigenvalue weighted by Crippen LogP contribution is 2.34. The molecule has 0 aliphatic heterocycles. The van der Waals surface area contributed by atoms with E-state index >= 15 is 0 Å². The topological polar surface area (TPSA) is 59.9 Å². The van der Waals surface area contributed by atoms with E-state index in [1.54, 1.807) is 13.3 Å². The zero-order valence-electron chi connectivity index (χ0n) is 18.4. The molecule has 4 aromatic carbocycles. The SMILES string of the molecule is COc1cc(/C=N\NC(=O)Cc2cccc3ccccc23)cc(I)c1OCc1ccccc1Cl. The number of ether oxygens (including phenoxy) is 2. The van der Waals surface area contributed by atoms with Crippen LogP contribution in [0.4, 0.5) is 0 Å². The summed E-state index contributed by atoms with van der Waals surface area (Å²) >= 11 is 8.41. The van der Waals surface area contributed by atoms with Crippen molar-refractivity contribution in [2.24, 2.45) is 5.10 Å². The van der Waals surface area contributed by atoms with Crippen LogP contribution in [-0.2, 0) is 17.8 Å². The van der Waals surface area contributed by atoms with Gasteiger partial charge >= 0.3 is 0 Å². The number of hydrogen-bond acceptors (Lipinski definition) is 4. The van der Waals surface area contributed by atoms with E-state index < -0.39 is 0 Å². The molecule has 0 radical (unpaired) electrons. The molecule has 0 aliphatic rings. The number of halogens is 2. The van der Waals surface area contributed by atoms with Crippen molar-refractivity contribution in [3.63, 3.8) is 0 Å². The van der Waals surface area contributed by atoms with Gasteiger partial charge in [0.15, 0.2) is 11.5 Å². The number of amides is 1. The summed E-state index contributed by atoms with van der Waals surface area (Å²) in [7, 11) is 1.58. The van der Waals surface area contributed by atoms with E-state index in [9.17, 15) is 4.79 Å². The predicted octanol–water partition coefficient (Wildman–Crippen LogP) is 6.38. The second-order valence-electron chi connectivity index (χ2n) is 7.52. The normalized spacial score (nSPS) is 11.0. The highest BCUT2D eigenvalue weighted by molar-refractivity contribution is 14.1. The average Bonchev–Trinajstić information content (AvgIpc) is 2.84. The summed E-state index contributed by atoms with van der Waals surface area (Å²) in [5.74, 6) is 1.01. The summed E-state index contributed by atoms with van der Waals surface area (Å²) < 4.78 is 12.4. The van der Waals surface area contributed by atoms with Crippen molar-refractivity contribution in [3.05, 3.63) is 104 Å². The Morgan fingerprint density at radius 1 is 1.03 bits per heavy atom. The number of rotatable bonds is 8. The summed E-state index contributed by atoms with van der Waals surface area (Å²) in [6.07, 6.45) is 1.83. The second kappa shape index (κ2) is 11.4. The molecule has 0 unspecified atom stereocenters. The minimum atomic E-state index is -0.186. The standard InChI is InChI=1S/C27H22ClIN2O3/c1-33-25-14-18(13-24(29)27(25)34-17-21-8-3-5-12-23(21)28)16-30-31-26(32)15-20-10-6-9-19-7-2-4-11-22(19)20/h2-14,16H,15,17H2,1H3,(H,31,32)/b30-16-. The van der Waals surface area contributed by atoms with Crippen molar-refractivity contribution < 1.29 is 14.3 Å². The van der Waals surface area contributed by atoms with Crippen LogP contribution in [0.3, 0.4) is 0 Å². The molecule has 4 rings (SSSR count). The van der Waals surface area contributed by atoms with Crippen LogP contribution < -0.4 is 14.9 Å². The maximum absolute atomic E-state index is 12.5. The van der Waals surface area contributed by atoms with Gasteiger partial charge in [-0.25, -0.2) is 5.43 Å². The van der Waals surface area contributed by atoms with Gasteiger partial charge in [0.05, 0.1) is 23.3 Å². The predicted molar refractivity (Wildman–Crippen MR) is 145 cm³/mol. The van der Waals surface area contributed by atoms with Crippen LogP contribution in [0.2, 0.25) is 5.02 Å². The number of nitrogens with one attached hydrogen (secondary N) is 1. The number of carbonyl (C=O) groups excluding carboxylic acids is 1. The van der Waals surface area contributed by atoms with Crippen molar-refractivity contribution in [2.45, 2.75) is 13.0 Å². The smallest absolute Gasteiger partial charge is 0.244 e. The first-order chi connectivity index (χ1) is 16.5. The van der Waals surface area contributed by atoms with Crippen LogP contribution in [0.5, 0.6) is 11.5 Å². The van der Waals surface area contributed by atoms with Crippen molar-refractivity contribution >= 4 is 57.1 Å². The van der Waals surface area contributed by atoms with Gasteiger partial charge in [-0.15, -0.1) is 0 Å². The number of hydrazone groups is 1. The molecular weight excluding hydrogens is 563 g/mol. The molecule has 7 heteroatoms. The van der Waals surface area contributed by atoms with Crippen molar-refractivity contribution in [2.75, 3.05) is 7.11 Å². The summed E-state index contributed by atoms with van der Waals surface area (Å²) in [5, 5.41) is 6.95. The molecule has 34 heavy (non-hydrogen) atoms. The van der Waals surface area contributed by atoms with Gasteiger partial charge in [-0.2, -0.15) is 5.10 Å². The van der Waals surface area contributed by atoms with E-state index in [0.717, 1.165) is 31.0 Å². The van der Waals surface area contributed by atoms with Crippen molar-refractivity contribution in [3.8, 4) is 11.5 Å². The third-order valence-electron chi connectivity index (χ3n) is 5.22. The number of methoxy groups -OCH3 is 1. The third-order valence-corrected chi connectivity index (χ3v) is 6.39. The summed E-state index contributed by atoms with van der Waals surface area (Å²) in [4.78, 5) is 12.5. The fourth-order valence-corrected chi connectivity index (χ4v) is 4.53. The monoisotopic (exact) mass is 584 g/mol. The fraction of sp³-hybridized carbons (Fsp3) is 0.111. The lowest BCUT2D eigenvalue weighted by Crippen LogP contribution is -2.19. The fourth-order valence-electron chi connectivity index (χ4n) is 3.56. The molecule has 0 aromatic heterocycles. The maximum Gasteiger partial charge on any atom is 0.244 e. The molecule has 4 aromatic rings. The van der Waals surface area contributed by atoms with Crippen LogP contribution >= 0.6 is 34.2 Å². The van der Waals surface area contributed by atoms with Gasteiger partial charge in [-0.1, -0.05) is 72.3 Å². The summed E-state index contributed by atoms with van der Waals surface area (Å²) in [5.41, 5.74) is 5.24. The number of nitrogens with zero attached hydrogens (tertiary/aromatic N) is 1. The molecule has 0 bridgehead atoms. The molecule has 1 amide bonds. The van der Waals surface area contributed by atoms with Crippen LogP contribution in [0.15, 0.2) is 84.0 Å². The molecule has 0 spiro atoms. The Hall–Kier alpha value is -3.10. The van der Waals surface area contributed by atoms with Gasteiger partial charge < -0.3 is 9.47 Å². The van der Waals surface area contributed by atoms with Gasteiger partial charge in [-0.3, -0.25) is 4.79 Å². The van der Waals surface area contributed by atoms with Crippen LogP contribution in [0.25, 0.3) is 10.8 Å². The number of hydrogen-bond donors (Lipinski definition) is 1. The maximum atomic E-state index is 12.5. The Morgan fingerprint density at radius 2 is 1.76 bits per heavy atom. The number of carbonyl (C=O) groups is 1. The van der Waals surface area contributed by atoms with Crippen LogP contribution in [0, 0.1) is 3.57 Å². The first kappa shape index (κ1) is 24.0. The molecule has 172 valence electrons. The van der Waals surface area contributed by atoms with Crippen molar-refractivity contribution in [1.82, 2.24) is 5.43 Å². The molecule has 0 atom stereocenters. The highest BCUT2D eigenvalue weighted by atomic mass is 127. The van der Waals surface area contributed by atoms with E-state index in [1.807, 2.05) is 78.9 Å². The summed E-state index contributed by atoms with van der Waals surface area (Å²) in [6.45, 7) is 0.323. The Balaban J connectivity index is 1.42. The molecular formula is C27H22ClIN2O3. The lowest BCUT2D eigenvalue weighted by molar-refractivity contribution is -0.120. The second-order valence-corrected chi connectivity index (χ2v) is 9.09. The van der Waals surface area contributed by atoms with Crippen LogP contribution in [0.1, 0.15) is 16.7 Å². The van der Waals surface area contributed by atoms with Gasteiger partial charge in [0.2, 0.25) is 5.91 Å². The third kappa shape index (κ3) is 5.87. The molecule has 0 heterocycles. The number of fused-ring (bicyclic) bond motifs is 1. The lowest BCUT2D eigenvalue weighted by atomic mass is 10.0. The zero-order valence-corrected chi connectivity index (χ0v) is 21.3. The molecule has 0 aliphatic carbocycles. The van der Waals surface area contributed by atoms with Gasteiger partial charge in [-0.05, 0) is 62.7 Å². The summed E-state index contributed by atoms with van der Waals surface area (Å²) in [6, 6.07) is 25.2. The largest absolute Gasteiger partial charge is 0.493 e. The van der Waals surface area contributed by atoms with E-state index in [4.69, 9.17) is 21.1 Å². The lowest BCUT2D eigenvalue weighted by Gasteiger charge is -2.14. The van der Waals surface area contributed by atoms with Crippen LogP contribution in [-0.4, -0.2) is 19.2 Å². The highest BCUT2D eigenvalue weighted by Gasteiger charge is 2.12. The van der Waals surface area contributed by atoms with Crippen molar-refractivity contribution in [1.29, 1.82) is 0 Å².